The summed E-state index contributed by atoms with van der Waals surface area (Å²) in [5.74, 6) is 1.58. The molecule has 156 valence electrons. The van der Waals surface area contributed by atoms with E-state index in [1.807, 2.05) is 19.9 Å². The van der Waals surface area contributed by atoms with Crippen LogP contribution in [-0.2, 0) is 6.54 Å². The van der Waals surface area contributed by atoms with Crippen molar-refractivity contribution in [2.24, 2.45) is 4.99 Å². The number of halogens is 2. The summed E-state index contributed by atoms with van der Waals surface area (Å²) in [5.41, 5.74) is 0.919. The second-order valence-electron chi connectivity index (χ2n) is 6.53. The van der Waals surface area contributed by atoms with Gasteiger partial charge in [-0.1, -0.05) is 38.1 Å². The molecule has 1 unspecified atom stereocenters. The SMILES string of the molecule is CCNC(=NCc1cc(C(C)C)no1)NCC(CC)Oc1ccccc1F.I. The highest BCUT2D eigenvalue weighted by Gasteiger charge is 2.12. The standard InChI is InChI=1S/C20H29FN4O2.HI/c1-5-15(26-19-10-8-7-9-17(19)21)12-23-20(22-6-2)24-13-16-11-18(14(3)4)25-27-16;/h7-11,14-15H,5-6,12-13H2,1-4H3,(H2,22,23,24);1H. The molecule has 2 aromatic rings. The largest absolute Gasteiger partial charge is 0.486 e. The van der Waals surface area contributed by atoms with Crippen LogP contribution in [0.3, 0.4) is 0 Å². The summed E-state index contributed by atoms with van der Waals surface area (Å²) < 4.78 is 24.9. The van der Waals surface area contributed by atoms with Gasteiger partial charge in [-0.05, 0) is 31.4 Å². The van der Waals surface area contributed by atoms with E-state index in [0.29, 0.717) is 30.7 Å². The van der Waals surface area contributed by atoms with Gasteiger partial charge in [-0.15, -0.1) is 24.0 Å². The van der Waals surface area contributed by atoms with Gasteiger partial charge in [0.1, 0.15) is 12.6 Å². The number of rotatable bonds is 9. The van der Waals surface area contributed by atoms with Crippen molar-refractivity contribution in [1.82, 2.24) is 15.8 Å². The van der Waals surface area contributed by atoms with Crippen LogP contribution >= 0.6 is 24.0 Å². The summed E-state index contributed by atoms with van der Waals surface area (Å²) in [6.45, 7) is 9.75. The lowest BCUT2D eigenvalue weighted by atomic mass is 10.1. The van der Waals surface area contributed by atoms with Crippen molar-refractivity contribution in [3.05, 3.63) is 47.6 Å². The van der Waals surface area contributed by atoms with E-state index in [0.717, 1.165) is 18.7 Å². The van der Waals surface area contributed by atoms with Crippen molar-refractivity contribution in [3.63, 3.8) is 0 Å². The van der Waals surface area contributed by atoms with Crippen molar-refractivity contribution in [2.75, 3.05) is 13.1 Å². The molecule has 28 heavy (non-hydrogen) atoms. The average molecular weight is 504 g/mol. The smallest absolute Gasteiger partial charge is 0.191 e. The molecule has 1 aromatic heterocycles. The average Bonchev–Trinajstić information content (AvgIpc) is 3.13. The van der Waals surface area contributed by atoms with Crippen molar-refractivity contribution in [2.45, 2.75) is 52.7 Å². The van der Waals surface area contributed by atoms with Gasteiger partial charge in [-0.25, -0.2) is 9.38 Å². The Hall–Kier alpha value is -1.84. The first kappa shape index (κ1) is 24.2. The molecular weight excluding hydrogens is 474 g/mol. The molecule has 0 radical (unpaired) electrons. The first-order valence-corrected chi connectivity index (χ1v) is 9.42. The molecule has 6 nitrogen and oxygen atoms in total. The van der Waals surface area contributed by atoms with Crippen LogP contribution in [0.2, 0.25) is 0 Å². The normalized spacial score (nSPS) is 12.4. The first-order valence-electron chi connectivity index (χ1n) is 9.42. The van der Waals surface area contributed by atoms with Crippen molar-refractivity contribution in [3.8, 4) is 5.75 Å². The Labute approximate surface area is 183 Å². The Morgan fingerprint density at radius 3 is 2.61 bits per heavy atom. The van der Waals surface area contributed by atoms with E-state index >= 15 is 0 Å². The molecule has 0 aliphatic heterocycles. The number of nitrogens with zero attached hydrogens (tertiary/aromatic N) is 2. The van der Waals surface area contributed by atoms with E-state index in [1.165, 1.54) is 6.07 Å². The summed E-state index contributed by atoms with van der Waals surface area (Å²) in [7, 11) is 0. The number of hydrogen-bond acceptors (Lipinski definition) is 4. The van der Waals surface area contributed by atoms with E-state index in [-0.39, 0.29) is 41.6 Å². The zero-order valence-corrected chi connectivity index (χ0v) is 19.2. The van der Waals surface area contributed by atoms with Gasteiger partial charge < -0.3 is 19.9 Å². The molecule has 2 N–H and O–H groups in total. The minimum absolute atomic E-state index is 0. The van der Waals surface area contributed by atoms with Gasteiger partial charge in [-0.3, -0.25) is 0 Å². The van der Waals surface area contributed by atoms with Crippen molar-refractivity contribution >= 4 is 29.9 Å². The van der Waals surface area contributed by atoms with Crippen LogP contribution in [0.1, 0.15) is 51.5 Å². The van der Waals surface area contributed by atoms with Crippen LogP contribution in [0, 0.1) is 5.82 Å². The Bertz CT molecular complexity index is 737. The fraction of sp³-hybridized carbons (Fsp3) is 0.500. The number of ether oxygens (including phenoxy) is 1. The van der Waals surface area contributed by atoms with E-state index in [4.69, 9.17) is 9.26 Å². The van der Waals surface area contributed by atoms with Crippen molar-refractivity contribution < 1.29 is 13.7 Å². The molecule has 1 aromatic carbocycles. The molecule has 1 atom stereocenters. The summed E-state index contributed by atoms with van der Waals surface area (Å²) in [6.07, 6.45) is 0.559. The third-order valence-corrected chi connectivity index (χ3v) is 3.99. The maximum atomic E-state index is 13.8. The third kappa shape index (κ3) is 7.65. The zero-order valence-electron chi connectivity index (χ0n) is 16.9. The monoisotopic (exact) mass is 504 g/mol. The molecular formula is C20H30FIN4O2. The Morgan fingerprint density at radius 1 is 1.25 bits per heavy atom. The van der Waals surface area contributed by atoms with Crippen molar-refractivity contribution in [1.29, 1.82) is 0 Å². The molecule has 0 fully saturated rings. The number of hydrogen-bond donors (Lipinski definition) is 2. The van der Waals surface area contributed by atoms with Crippen LogP contribution in [0.15, 0.2) is 39.8 Å². The van der Waals surface area contributed by atoms with Crippen LogP contribution in [0.5, 0.6) is 5.75 Å². The predicted molar refractivity (Wildman–Crippen MR) is 120 cm³/mol. The summed E-state index contributed by atoms with van der Waals surface area (Å²) in [6, 6.07) is 8.35. The Morgan fingerprint density at radius 2 is 2.00 bits per heavy atom. The van der Waals surface area contributed by atoms with Gasteiger partial charge in [0.15, 0.2) is 23.3 Å². The van der Waals surface area contributed by atoms with Gasteiger partial charge in [-0.2, -0.15) is 0 Å². The lowest BCUT2D eigenvalue weighted by Crippen LogP contribution is -2.42. The van der Waals surface area contributed by atoms with E-state index in [2.05, 4.69) is 34.6 Å². The highest BCUT2D eigenvalue weighted by atomic mass is 127. The van der Waals surface area contributed by atoms with E-state index in [1.54, 1.807) is 18.2 Å². The second kappa shape index (κ2) is 12.6. The third-order valence-electron chi connectivity index (χ3n) is 3.99. The van der Waals surface area contributed by atoms with Crippen LogP contribution < -0.4 is 15.4 Å². The number of nitrogens with one attached hydrogen (secondary N) is 2. The molecule has 0 spiro atoms. The number of guanidine groups is 1. The number of aromatic nitrogens is 1. The van der Waals surface area contributed by atoms with Gasteiger partial charge in [0.2, 0.25) is 0 Å². The fourth-order valence-electron chi connectivity index (χ4n) is 2.37. The lowest BCUT2D eigenvalue weighted by Gasteiger charge is -2.20. The predicted octanol–water partition coefficient (Wildman–Crippen LogP) is 4.47. The highest BCUT2D eigenvalue weighted by molar-refractivity contribution is 14.0. The molecule has 0 aliphatic carbocycles. The quantitative estimate of drug-likeness (QED) is 0.300. The Kier molecular flexibility index (Phi) is 10.9. The summed E-state index contributed by atoms with van der Waals surface area (Å²) in [4.78, 5) is 4.52. The number of benzene rings is 1. The molecule has 2 rings (SSSR count). The minimum atomic E-state index is -0.359. The van der Waals surface area contributed by atoms with Gasteiger partial charge in [0.25, 0.3) is 0 Å². The second-order valence-corrected chi connectivity index (χ2v) is 6.53. The minimum Gasteiger partial charge on any atom is -0.486 e. The highest BCUT2D eigenvalue weighted by Crippen LogP contribution is 2.18. The van der Waals surface area contributed by atoms with E-state index < -0.39 is 0 Å². The van der Waals surface area contributed by atoms with Gasteiger partial charge in [0, 0.05) is 12.6 Å². The summed E-state index contributed by atoms with van der Waals surface area (Å²) in [5, 5.41) is 10.5. The molecule has 1 heterocycles. The number of para-hydroxylation sites is 1. The van der Waals surface area contributed by atoms with Gasteiger partial charge >= 0.3 is 0 Å². The molecule has 8 heteroatoms. The molecule has 0 aliphatic rings. The zero-order chi connectivity index (χ0) is 19.6. The van der Waals surface area contributed by atoms with Crippen LogP contribution in [0.4, 0.5) is 4.39 Å². The summed E-state index contributed by atoms with van der Waals surface area (Å²) >= 11 is 0. The van der Waals surface area contributed by atoms with Gasteiger partial charge in [0.05, 0.1) is 12.2 Å². The first-order chi connectivity index (χ1) is 13.0. The fourth-order valence-corrected chi connectivity index (χ4v) is 2.37. The molecule has 0 saturated heterocycles. The maximum absolute atomic E-state index is 13.8. The Balaban J connectivity index is 0.00000392. The molecule has 0 saturated carbocycles. The molecule has 0 amide bonds. The molecule has 0 bridgehead atoms. The number of aliphatic imine (C=N–C) groups is 1. The van der Waals surface area contributed by atoms with Crippen LogP contribution in [0.25, 0.3) is 0 Å². The maximum Gasteiger partial charge on any atom is 0.191 e. The van der Waals surface area contributed by atoms with Crippen LogP contribution in [-0.4, -0.2) is 30.3 Å². The lowest BCUT2D eigenvalue weighted by molar-refractivity contribution is 0.191. The topological polar surface area (TPSA) is 71.7 Å². The van der Waals surface area contributed by atoms with E-state index in [9.17, 15) is 4.39 Å².